The SMILES string of the molecule is CCOC(=O)[C@H](CC(=O)O)N1C(=O)C2C3C=CC(C3)C2C1=O. The van der Waals surface area contributed by atoms with Crippen LogP contribution in [0.5, 0.6) is 0 Å². The summed E-state index contributed by atoms with van der Waals surface area (Å²) in [6, 6.07) is -1.37. The van der Waals surface area contributed by atoms with E-state index in [1.807, 2.05) is 12.2 Å². The van der Waals surface area contributed by atoms with Gasteiger partial charge in [-0.15, -0.1) is 0 Å². The maximum atomic E-state index is 12.6. The molecular weight excluding hydrogens is 290 g/mol. The maximum Gasteiger partial charge on any atom is 0.329 e. The average Bonchev–Trinajstić information content (AvgIpc) is 3.11. The Morgan fingerprint density at radius 1 is 1.27 bits per heavy atom. The van der Waals surface area contributed by atoms with Gasteiger partial charge in [0, 0.05) is 0 Å². The molecule has 0 spiro atoms. The topological polar surface area (TPSA) is 101 Å². The highest BCUT2D eigenvalue weighted by Gasteiger charge is 2.61. The lowest BCUT2D eigenvalue weighted by Crippen LogP contribution is -2.48. The number of allylic oxidation sites excluding steroid dienone is 2. The van der Waals surface area contributed by atoms with E-state index in [4.69, 9.17) is 9.84 Å². The molecule has 2 aliphatic carbocycles. The number of esters is 1. The summed E-state index contributed by atoms with van der Waals surface area (Å²) in [6.07, 6.45) is 4.04. The summed E-state index contributed by atoms with van der Waals surface area (Å²) in [5.74, 6) is -3.84. The summed E-state index contributed by atoms with van der Waals surface area (Å²) in [7, 11) is 0. The molecule has 4 unspecified atom stereocenters. The monoisotopic (exact) mass is 307 g/mol. The van der Waals surface area contributed by atoms with Crippen molar-refractivity contribution in [1.29, 1.82) is 0 Å². The van der Waals surface area contributed by atoms with Crippen LogP contribution in [0, 0.1) is 23.7 Å². The highest BCUT2D eigenvalue weighted by molar-refractivity contribution is 6.09. The second-order valence-corrected chi connectivity index (χ2v) is 5.91. The van der Waals surface area contributed by atoms with Crippen molar-refractivity contribution in [2.24, 2.45) is 23.7 Å². The predicted molar refractivity (Wildman–Crippen MR) is 72.2 cm³/mol. The summed E-state index contributed by atoms with van der Waals surface area (Å²) >= 11 is 0. The lowest BCUT2D eigenvalue weighted by Gasteiger charge is -2.24. The van der Waals surface area contributed by atoms with Gasteiger partial charge in [0.2, 0.25) is 11.8 Å². The maximum absolute atomic E-state index is 12.6. The van der Waals surface area contributed by atoms with Crippen LogP contribution in [-0.4, -0.2) is 46.4 Å². The van der Waals surface area contributed by atoms with Gasteiger partial charge in [-0.3, -0.25) is 19.3 Å². The van der Waals surface area contributed by atoms with Crippen molar-refractivity contribution < 1.29 is 29.0 Å². The number of carbonyl (C=O) groups excluding carboxylic acids is 3. The van der Waals surface area contributed by atoms with Crippen molar-refractivity contribution in [3.8, 4) is 0 Å². The molecule has 1 saturated heterocycles. The molecule has 2 fully saturated rings. The van der Waals surface area contributed by atoms with E-state index in [0.29, 0.717) is 0 Å². The minimum atomic E-state index is -1.37. The van der Waals surface area contributed by atoms with E-state index < -0.39 is 48.1 Å². The fourth-order valence-corrected chi connectivity index (χ4v) is 3.92. The molecule has 5 atom stereocenters. The van der Waals surface area contributed by atoms with Crippen LogP contribution in [0.25, 0.3) is 0 Å². The number of hydrogen-bond donors (Lipinski definition) is 1. The van der Waals surface area contributed by atoms with E-state index in [9.17, 15) is 19.2 Å². The van der Waals surface area contributed by atoms with Gasteiger partial charge in [-0.05, 0) is 25.2 Å². The zero-order valence-corrected chi connectivity index (χ0v) is 12.1. The molecule has 7 nitrogen and oxygen atoms in total. The van der Waals surface area contributed by atoms with E-state index >= 15 is 0 Å². The molecule has 1 aliphatic heterocycles. The number of nitrogens with zero attached hydrogens (tertiary/aromatic N) is 1. The van der Waals surface area contributed by atoms with Gasteiger partial charge >= 0.3 is 11.9 Å². The van der Waals surface area contributed by atoms with Crippen LogP contribution in [0.15, 0.2) is 12.2 Å². The zero-order chi connectivity index (χ0) is 16.0. The molecule has 1 N–H and O–H groups in total. The molecule has 22 heavy (non-hydrogen) atoms. The van der Waals surface area contributed by atoms with Crippen LogP contribution in [0.2, 0.25) is 0 Å². The van der Waals surface area contributed by atoms with Crippen molar-refractivity contribution in [3.63, 3.8) is 0 Å². The fraction of sp³-hybridized carbons (Fsp3) is 0.600. The first kappa shape index (κ1) is 14.7. The summed E-state index contributed by atoms with van der Waals surface area (Å²) in [5, 5.41) is 8.98. The number of carbonyl (C=O) groups is 4. The second-order valence-electron chi connectivity index (χ2n) is 5.91. The molecule has 0 radical (unpaired) electrons. The normalized spacial score (nSPS) is 33.2. The Bertz CT molecular complexity index is 553. The summed E-state index contributed by atoms with van der Waals surface area (Å²) < 4.78 is 4.84. The predicted octanol–water partition coefficient (Wildman–Crippen LogP) is 0.200. The Labute approximate surface area is 126 Å². The van der Waals surface area contributed by atoms with Crippen LogP contribution in [-0.2, 0) is 23.9 Å². The van der Waals surface area contributed by atoms with E-state index in [0.717, 1.165) is 11.3 Å². The van der Waals surface area contributed by atoms with E-state index in [1.54, 1.807) is 6.92 Å². The number of fused-ring (bicyclic) bond motifs is 5. The minimum absolute atomic E-state index is 0.0177. The number of rotatable bonds is 5. The molecule has 7 heteroatoms. The van der Waals surface area contributed by atoms with Crippen molar-refractivity contribution in [2.45, 2.75) is 25.8 Å². The first-order valence-electron chi connectivity index (χ1n) is 7.39. The first-order chi connectivity index (χ1) is 10.5. The molecule has 118 valence electrons. The number of carboxylic acid groups (broad SMARTS) is 1. The van der Waals surface area contributed by atoms with Crippen LogP contribution in [0.4, 0.5) is 0 Å². The van der Waals surface area contributed by atoms with Crippen LogP contribution in [0.3, 0.4) is 0 Å². The zero-order valence-electron chi connectivity index (χ0n) is 12.1. The summed E-state index contributed by atoms with van der Waals surface area (Å²) in [6.45, 7) is 1.65. The Hall–Kier alpha value is -2.18. The van der Waals surface area contributed by atoms with Gasteiger partial charge in [-0.25, -0.2) is 4.79 Å². The lowest BCUT2D eigenvalue weighted by atomic mass is 9.85. The van der Waals surface area contributed by atoms with E-state index in [1.165, 1.54) is 0 Å². The molecule has 1 heterocycles. The van der Waals surface area contributed by atoms with Crippen LogP contribution < -0.4 is 0 Å². The van der Waals surface area contributed by atoms with Gasteiger partial charge in [-0.1, -0.05) is 12.2 Å². The third kappa shape index (κ3) is 2.03. The number of imide groups is 1. The fourth-order valence-electron chi connectivity index (χ4n) is 3.92. The largest absolute Gasteiger partial charge is 0.481 e. The quantitative estimate of drug-likeness (QED) is 0.442. The van der Waals surface area contributed by atoms with Crippen LogP contribution in [0.1, 0.15) is 19.8 Å². The second kappa shape index (κ2) is 5.23. The minimum Gasteiger partial charge on any atom is -0.481 e. The molecule has 0 aromatic rings. The summed E-state index contributed by atoms with van der Waals surface area (Å²) in [5.41, 5.74) is 0. The van der Waals surface area contributed by atoms with Crippen molar-refractivity contribution in [1.82, 2.24) is 4.90 Å². The molecule has 2 bridgehead atoms. The molecule has 0 aromatic carbocycles. The molecule has 1 saturated carbocycles. The number of carboxylic acids is 1. The number of likely N-dealkylation sites (tertiary alicyclic amines) is 1. The number of hydrogen-bond acceptors (Lipinski definition) is 5. The smallest absolute Gasteiger partial charge is 0.329 e. The van der Waals surface area contributed by atoms with E-state index in [-0.39, 0.29) is 18.4 Å². The van der Waals surface area contributed by atoms with Gasteiger partial charge in [-0.2, -0.15) is 0 Å². The third-order valence-corrected chi connectivity index (χ3v) is 4.74. The van der Waals surface area contributed by atoms with Crippen molar-refractivity contribution >= 4 is 23.8 Å². The number of aliphatic carboxylic acids is 1. The standard InChI is InChI=1S/C15H17NO6/c1-2-22-15(21)9(6-10(17)18)16-13(19)11-7-3-4-8(5-7)12(11)14(16)20/h3-4,7-9,11-12H,2,5-6H2,1H3,(H,17,18)/t7?,8?,9-,11?,12?/m0/s1. The Balaban J connectivity index is 1.89. The third-order valence-electron chi connectivity index (χ3n) is 4.74. The molecule has 3 rings (SSSR count). The molecular formula is C15H17NO6. The summed E-state index contributed by atoms with van der Waals surface area (Å²) in [4.78, 5) is 49.0. The lowest BCUT2D eigenvalue weighted by molar-refractivity contribution is -0.161. The van der Waals surface area contributed by atoms with E-state index in [2.05, 4.69) is 0 Å². The van der Waals surface area contributed by atoms with Crippen molar-refractivity contribution in [3.05, 3.63) is 12.2 Å². The Morgan fingerprint density at radius 2 is 1.82 bits per heavy atom. The molecule has 0 aromatic heterocycles. The van der Waals surface area contributed by atoms with Gasteiger partial charge < -0.3 is 9.84 Å². The van der Waals surface area contributed by atoms with Crippen molar-refractivity contribution in [2.75, 3.05) is 6.61 Å². The van der Waals surface area contributed by atoms with Crippen LogP contribution >= 0.6 is 0 Å². The van der Waals surface area contributed by atoms with Gasteiger partial charge in [0.1, 0.15) is 6.04 Å². The number of ether oxygens (including phenoxy) is 1. The molecule has 3 aliphatic rings. The highest BCUT2D eigenvalue weighted by Crippen LogP contribution is 2.53. The molecule has 2 amide bonds. The first-order valence-corrected chi connectivity index (χ1v) is 7.39. The Morgan fingerprint density at radius 3 is 2.27 bits per heavy atom. The highest BCUT2D eigenvalue weighted by atomic mass is 16.5. The van der Waals surface area contributed by atoms with Gasteiger partial charge in [0.15, 0.2) is 0 Å². The number of amides is 2. The average molecular weight is 307 g/mol. The Kier molecular flexibility index (Phi) is 3.50. The van der Waals surface area contributed by atoms with Gasteiger partial charge in [0.25, 0.3) is 0 Å². The van der Waals surface area contributed by atoms with Gasteiger partial charge in [0.05, 0.1) is 24.9 Å².